The molecule has 0 N–H and O–H groups in total. The summed E-state index contributed by atoms with van der Waals surface area (Å²) in [5.41, 5.74) is -0.730. The molecule has 80 valence electrons. The Hall–Kier alpha value is 0.240. The van der Waals surface area contributed by atoms with Crippen molar-refractivity contribution in [2.24, 2.45) is 0 Å². The van der Waals surface area contributed by atoms with Gasteiger partial charge >= 0.3 is 0 Å². The third kappa shape index (κ3) is 1.00. The van der Waals surface area contributed by atoms with Gasteiger partial charge in [-0.15, -0.1) is 0 Å². The lowest BCUT2D eigenvalue weighted by Gasteiger charge is -2.32. The van der Waals surface area contributed by atoms with Crippen LogP contribution in [-0.2, 0) is 0 Å². The number of nitrogens with zero attached hydrogens (tertiary/aromatic N) is 1. The molecule has 0 radical (unpaired) electrons. The van der Waals surface area contributed by atoms with Crippen LogP contribution in [-0.4, -0.2) is 34.4 Å². The predicted molar refractivity (Wildman–Crippen MR) is 58.6 cm³/mol. The molecule has 0 aromatic rings. The highest BCUT2D eigenvalue weighted by molar-refractivity contribution is 7.80. The first-order chi connectivity index (χ1) is 6.70. The van der Waals surface area contributed by atoms with E-state index in [0.29, 0.717) is 0 Å². The molecule has 3 atom stereocenters. The molecule has 1 aliphatic carbocycles. The van der Waals surface area contributed by atoms with Crippen LogP contribution >= 0.6 is 12.6 Å². The average molecular weight is 215 g/mol. The van der Waals surface area contributed by atoms with Gasteiger partial charge in [-0.1, -0.05) is 0 Å². The van der Waals surface area contributed by atoms with E-state index in [2.05, 4.69) is 17.5 Å². The largest absolute Gasteiger partial charge is 0.291 e. The van der Waals surface area contributed by atoms with Crippen molar-refractivity contribution in [3.05, 3.63) is 0 Å². The summed E-state index contributed by atoms with van der Waals surface area (Å²) in [6, 6.07) is 0.233. The maximum atomic E-state index is 14.6. The molecule has 3 fully saturated rings. The molecule has 3 rings (SSSR count). The maximum absolute atomic E-state index is 14.6. The minimum absolute atomic E-state index is 0.128. The van der Waals surface area contributed by atoms with Crippen molar-refractivity contribution in [1.82, 2.24) is 4.90 Å². The first kappa shape index (κ1) is 9.46. The Labute approximate surface area is 90.5 Å². The Balaban J connectivity index is 1.96. The zero-order valence-electron chi connectivity index (χ0n) is 8.51. The molecule has 2 aliphatic heterocycles. The molecular formula is C11H18FNS. The molecule has 0 amide bonds. The first-order valence-corrected chi connectivity index (χ1v) is 6.40. The second-order valence-electron chi connectivity index (χ2n) is 5.30. The number of thiol groups is 1. The van der Waals surface area contributed by atoms with Crippen LogP contribution in [0.25, 0.3) is 0 Å². The van der Waals surface area contributed by atoms with Gasteiger partial charge in [0.2, 0.25) is 0 Å². The van der Waals surface area contributed by atoms with Gasteiger partial charge in [0.1, 0.15) is 5.67 Å². The summed E-state index contributed by atoms with van der Waals surface area (Å²) in [6.07, 6.45) is 6.12. The second kappa shape index (κ2) is 2.88. The fourth-order valence-electron chi connectivity index (χ4n) is 4.06. The minimum atomic E-state index is -0.858. The average Bonchev–Trinajstić information content (AvgIpc) is 2.73. The normalized spacial score (nSPS) is 52.3. The molecule has 1 saturated carbocycles. The molecule has 1 nitrogen and oxygen atoms in total. The number of hydrogen-bond donors (Lipinski definition) is 1. The molecule has 0 spiro atoms. The summed E-state index contributed by atoms with van der Waals surface area (Å²) in [7, 11) is 0. The van der Waals surface area contributed by atoms with Gasteiger partial charge in [-0.05, 0) is 38.6 Å². The Morgan fingerprint density at radius 1 is 1.36 bits per heavy atom. The Morgan fingerprint density at radius 3 is 3.00 bits per heavy atom. The lowest BCUT2D eigenvalue weighted by Crippen LogP contribution is -2.44. The summed E-state index contributed by atoms with van der Waals surface area (Å²) in [6.45, 7) is 1.11. The third-order valence-corrected chi connectivity index (χ3v) is 5.20. The molecule has 0 unspecified atom stereocenters. The molecule has 0 aromatic carbocycles. The number of halogens is 1. The van der Waals surface area contributed by atoms with E-state index in [4.69, 9.17) is 0 Å². The van der Waals surface area contributed by atoms with E-state index < -0.39 is 5.67 Å². The smallest absolute Gasteiger partial charge is 0.128 e. The van der Waals surface area contributed by atoms with Gasteiger partial charge in [-0.2, -0.15) is 12.6 Å². The second-order valence-corrected chi connectivity index (χ2v) is 5.62. The number of alkyl halides is 1. The van der Waals surface area contributed by atoms with Gasteiger partial charge in [-0.25, -0.2) is 4.39 Å². The highest BCUT2D eigenvalue weighted by Crippen LogP contribution is 2.55. The summed E-state index contributed by atoms with van der Waals surface area (Å²) in [4.78, 5) is 2.45. The third-order valence-electron chi connectivity index (χ3n) is 4.61. The fourth-order valence-corrected chi connectivity index (χ4v) is 4.52. The van der Waals surface area contributed by atoms with Crippen LogP contribution < -0.4 is 0 Å². The monoisotopic (exact) mass is 215 g/mol. The van der Waals surface area contributed by atoms with Crippen LogP contribution in [0.4, 0.5) is 4.39 Å². The van der Waals surface area contributed by atoms with Crippen molar-refractivity contribution in [1.29, 1.82) is 0 Å². The van der Waals surface area contributed by atoms with E-state index in [1.54, 1.807) is 0 Å². The van der Waals surface area contributed by atoms with E-state index in [1.165, 1.54) is 12.8 Å². The summed E-state index contributed by atoms with van der Waals surface area (Å²) >= 11 is 4.45. The van der Waals surface area contributed by atoms with Crippen LogP contribution in [0, 0.1) is 0 Å². The molecule has 2 saturated heterocycles. The standard InChI is InChI=1S/C11H18FNS/c12-11-5-1-3-9(11)13-6-2-4-10(13,7-11)8-14/h9,14H,1-8H2/t9-,10-,11+/m0/s1. The van der Waals surface area contributed by atoms with Crippen LogP contribution in [0.3, 0.4) is 0 Å². The molecule has 3 heteroatoms. The minimum Gasteiger partial charge on any atom is -0.291 e. The van der Waals surface area contributed by atoms with Gasteiger partial charge in [0.05, 0.1) is 0 Å². The maximum Gasteiger partial charge on any atom is 0.128 e. The molecular weight excluding hydrogens is 197 g/mol. The van der Waals surface area contributed by atoms with Gasteiger partial charge < -0.3 is 0 Å². The van der Waals surface area contributed by atoms with Crippen LogP contribution in [0.2, 0.25) is 0 Å². The molecule has 3 aliphatic rings. The topological polar surface area (TPSA) is 3.24 Å². The first-order valence-electron chi connectivity index (χ1n) is 5.77. The summed E-state index contributed by atoms with van der Waals surface area (Å²) < 4.78 is 14.6. The van der Waals surface area contributed by atoms with Crippen molar-refractivity contribution in [3.63, 3.8) is 0 Å². The van der Waals surface area contributed by atoms with Crippen LogP contribution in [0.15, 0.2) is 0 Å². The summed E-state index contributed by atoms with van der Waals surface area (Å²) in [5, 5.41) is 0. The Kier molecular flexibility index (Phi) is 1.95. The lowest BCUT2D eigenvalue weighted by atomic mass is 9.88. The van der Waals surface area contributed by atoms with Crippen LogP contribution in [0.5, 0.6) is 0 Å². The summed E-state index contributed by atoms with van der Waals surface area (Å²) in [5.74, 6) is 0.842. The zero-order valence-corrected chi connectivity index (χ0v) is 9.40. The number of hydrogen-bond acceptors (Lipinski definition) is 2. The van der Waals surface area contributed by atoms with Crippen molar-refractivity contribution < 1.29 is 4.39 Å². The molecule has 14 heavy (non-hydrogen) atoms. The van der Waals surface area contributed by atoms with E-state index in [0.717, 1.165) is 38.0 Å². The number of fused-ring (bicyclic) bond motifs is 3. The lowest BCUT2D eigenvalue weighted by molar-refractivity contribution is 0.121. The predicted octanol–water partition coefficient (Wildman–Crippen LogP) is 2.42. The van der Waals surface area contributed by atoms with Crippen molar-refractivity contribution in [2.45, 2.75) is 55.8 Å². The highest BCUT2D eigenvalue weighted by Gasteiger charge is 2.62. The number of rotatable bonds is 1. The van der Waals surface area contributed by atoms with Gasteiger partial charge in [0, 0.05) is 23.8 Å². The van der Waals surface area contributed by atoms with Gasteiger partial charge in [0.25, 0.3) is 0 Å². The van der Waals surface area contributed by atoms with E-state index >= 15 is 0 Å². The quantitative estimate of drug-likeness (QED) is 0.657. The van der Waals surface area contributed by atoms with E-state index in [9.17, 15) is 4.39 Å². The SMILES string of the molecule is F[C@@]12CCC[C@@H]1N1CCC[C@@]1(CS)C2. The van der Waals surface area contributed by atoms with Gasteiger partial charge in [-0.3, -0.25) is 4.90 Å². The van der Waals surface area contributed by atoms with Crippen molar-refractivity contribution >= 4 is 12.6 Å². The molecule has 0 aromatic heterocycles. The van der Waals surface area contributed by atoms with Gasteiger partial charge in [0.15, 0.2) is 0 Å². The zero-order chi connectivity index (χ0) is 9.81. The Bertz CT molecular complexity index is 260. The molecule has 2 heterocycles. The van der Waals surface area contributed by atoms with E-state index in [-0.39, 0.29) is 11.6 Å². The Morgan fingerprint density at radius 2 is 2.21 bits per heavy atom. The fraction of sp³-hybridized carbons (Fsp3) is 1.00. The molecule has 0 bridgehead atoms. The highest BCUT2D eigenvalue weighted by atomic mass is 32.1. The van der Waals surface area contributed by atoms with Crippen molar-refractivity contribution in [3.8, 4) is 0 Å². The van der Waals surface area contributed by atoms with Crippen LogP contribution in [0.1, 0.15) is 38.5 Å². The van der Waals surface area contributed by atoms with Crippen molar-refractivity contribution in [2.75, 3.05) is 12.3 Å². The van der Waals surface area contributed by atoms with E-state index in [1.807, 2.05) is 0 Å².